The summed E-state index contributed by atoms with van der Waals surface area (Å²) in [5.74, 6) is -4.52. The molecule has 2 aromatic heterocycles. The number of hydrogen-bond acceptors (Lipinski definition) is 15. The Labute approximate surface area is 351 Å². The van der Waals surface area contributed by atoms with Gasteiger partial charge in [0.25, 0.3) is 0 Å². The molecule has 0 spiro atoms. The molecule has 12 atom stereocenters. The molecule has 59 heavy (non-hydrogen) atoms. The molecule has 3 saturated heterocycles. The molecule has 2 N–H and O–H groups in total. The fourth-order valence-electron chi connectivity index (χ4n) is 8.33. The Kier molecular flexibility index (Phi) is 15.7. The number of pyridine rings is 1. The van der Waals surface area contributed by atoms with Gasteiger partial charge in [0.15, 0.2) is 18.7 Å². The number of amides is 1. The summed E-state index contributed by atoms with van der Waals surface area (Å²) in [6, 6.07) is 7.49. The number of cyclic esters (lactones) is 1. The molecule has 15 nitrogen and oxygen atoms in total. The minimum absolute atomic E-state index is 0.0135. The van der Waals surface area contributed by atoms with Crippen LogP contribution in [0.5, 0.6) is 0 Å². The molecule has 3 aliphatic rings. The number of aliphatic hydroxyl groups is 2. The van der Waals surface area contributed by atoms with Gasteiger partial charge in [0.1, 0.15) is 29.4 Å². The van der Waals surface area contributed by atoms with Crippen molar-refractivity contribution in [2.45, 2.75) is 142 Å². The zero-order valence-electron chi connectivity index (χ0n) is 36.0. The molecule has 0 saturated carbocycles. The third-order valence-electron chi connectivity index (χ3n) is 11.8. The summed E-state index contributed by atoms with van der Waals surface area (Å²) in [5.41, 5.74) is -1.48. The Balaban J connectivity index is 1.61. The van der Waals surface area contributed by atoms with Gasteiger partial charge in [-0.15, -0.1) is 11.3 Å². The van der Waals surface area contributed by atoms with Crippen LogP contribution in [-0.2, 0) is 49.5 Å². The minimum Gasteiger partial charge on any atom is -0.459 e. The van der Waals surface area contributed by atoms with Crippen molar-refractivity contribution in [1.29, 1.82) is 0 Å². The van der Waals surface area contributed by atoms with E-state index in [1.54, 1.807) is 44.5 Å². The summed E-state index contributed by atoms with van der Waals surface area (Å²) >= 11 is 1.54. The monoisotopic (exact) mass is 842 g/mol. The smallest absolute Gasteiger partial charge is 0.316 e. The fourth-order valence-corrected chi connectivity index (χ4v) is 9.23. The van der Waals surface area contributed by atoms with Crippen LogP contribution in [0.15, 0.2) is 46.8 Å². The molecule has 16 heteroatoms. The molecular formula is C43H62N4O11S. The van der Waals surface area contributed by atoms with E-state index in [4.69, 9.17) is 28.5 Å². The second-order valence-corrected chi connectivity index (χ2v) is 18.0. The number of oxime groups is 1. The summed E-state index contributed by atoms with van der Waals surface area (Å²) in [7, 11) is 3.74. The van der Waals surface area contributed by atoms with Crippen LogP contribution >= 0.6 is 11.3 Å². The molecule has 0 aromatic carbocycles. The Morgan fingerprint density at radius 3 is 2.53 bits per heavy atom. The second kappa shape index (κ2) is 19.9. The van der Waals surface area contributed by atoms with Crippen molar-refractivity contribution in [3.8, 4) is 10.4 Å². The number of fused-ring (bicyclic) bond motifs is 5. The number of carbonyl (C=O) groups is 3. The summed E-state index contributed by atoms with van der Waals surface area (Å²) in [4.78, 5) is 59.4. The van der Waals surface area contributed by atoms with Crippen LogP contribution in [0.25, 0.3) is 10.4 Å². The van der Waals surface area contributed by atoms with Gasteiger partial charge in [0.05, 0.1) is 37.1 Å². The van der Waals surface area contributed by atoms with Gasteiger partial charge < -0.3 is 43.6 Å². The number of rotatable bonds is 8. The first kappa shape index (κ1) is 46.6. The summed E-state index contributed by atoms with van der Waals surface area (Å²) in [6.45, 7) is 13.1. The number of likely N-dealkylation sites (N-methyl/N-ethyl adjacent to an activating group) is 1. The van der Waals surface area contributed by atoms with Crippen LogP contribution < -0.4 is 0 Å². The first-order chi connectivity index (χ1) is 27.8. The molecule has 326 valence electrons. The molecule has 1 amide bonds. The number of aliphatic hydroxyl groups excluding tert-OH is 1. The van der Waals surface area contributed by atoms with Gasteiger partial charge in [-0.2, -0.15) is 0 Å². The van der Waals surface area contributed by atoms with Crippen molar-refractivity contribution in [1.82, 2.24) is 9.88 Å². The SMILES string of the molecule is CC[C@H]1OC(=O)[C@H](C)C(=O)[C@H](C)[C@@H](O[C@@H]2O[C@H](C)C[C@H](N(C)C)[C@H]2O)[C@@]2(C)C[C@@H](C)C(=NC(C)=O)C[C@@H](OC/C(=N/OCc3ccc(-c4cccnc4)s3)CO2)[C@]1(C)O. The van der Waals surface area contributed by atoms with Crippen LogP contribution in [-0.4, -0.2) is 131 Å². The third kappa shape index (κ3) is 11.3. The van der Waals surface area contributed by atoms with Crippen LogP contribution in [0.3, 0.4) is 0 Å². The normalized spacial score (nSPS) is 36.8. The first-order valence-corrected chi connectivity index (χ1v) is 21.3. The lowest BCUT2D eigenvalue weighted by Gasteiger charge is -2.47. The molecule has 5 rings (SSSR count). The van der Waals surface area contributed by atoms with E-state index < -0.39 is 77.3 Å². The molecule has 5 heterocycles. The van der Waals surface area contributed by atoms with Crippen LogP contribution in [0.4, 0.5) is 0 Å². The number of hydrogen-bond donors (Lipinski definition) is 2. The molecule has 3 fully saturated rings. The second-order valence-electron chi connectivity index (χ2n) is 16.9. The van der Waals surface area contributed by atoms with Gasteiger partial charge in [0.2, 0.25) is 5.91 Å². The molecule has 0 aliphatic carbocycles. The first-order valence-electron chi connectivity index (χ1n) is 20.5. The maximum atomic E-state index is 14.5. The highest BCUT2D eigenvalue weighted by Gasteiger charge is 2.51. The van der Waals surface area contributed by atoms with Gasteiger partial charge in [-0.05, 0) is 85.2 Å². The van der Waals surface area contributed by atoms with E-state index in [2.05, 4.69) is 15.1 Å². The molecule has 0 unspecified atom stereocenters. The summed E-state index contributed by atoms with van der Waals surface area (Å²) < 4.78 is 32.3. The lowest BCUT2D eigenvalue weighted by Crippen LogP contribution is -2.59. The standard InChI is InChI=1S/C43H62N4O11S/c1-11-35-43(8,52)36-18-32(45-28(6)48)24(2)19-42(7,54-22-30(21-53-36)46-55-23-31-14-15-34(59-31)29-13-12-16-44-20-29)39(26(4)37(49)27(5)40(51)57-35)58-41-38(50)33(47(9)10)17-25(3)56-41/h12-16,20,24-27,33,35-36,38-39,41,50,52H,11,17-19,21-23H2,1-10H3/b45-32?,46-30-/t24-,25-,26+,27-,33+,35-,36-,38-,39-,41+,42-,43-/m1/s1. The number of nitrogens with zero attached hydrogens (tertiary/aromatic N) is 4. The highest BCUT2D eigenvalue weighted by molar-refractivity contribution is 7.15. The number of aromatic nitrogens is 1. The number of aliphatic imine (C=N–C) groups is 1. The number of ether oxygens (including phenoxy) is 5. The van der Waals surface area contributed by atoms with Crippen molar-refractivity contribution in [3.05, 3.63) is 41.5 Å². The van der Waals surface area contributed by atoms with Crippen molar-refractivity contribution < 1.29 is 53.1 Å². The number of thiophene rings is 1. The van der Waals surface area contributed by atoms with Crippen molar-refractivity contribution >= 4 is 40.4 Å². The van der Waals surface area contributed by atoms with E-state index in [9.17, 15) is 24.6 Å². The summed E-state index contributed by atoms with van der Waals surface area (Å²) in [5, 5.41) is 28.4. The molecule has 0 radical (unpaired) electrons. The number of esters is 1. The summed E-state index contributed by atoms with van der Waals surface area (Å²) in [6.07, 6.45) is -1.47. The highest BCUT2D eigenvalue weighted by atomic mass is 32.1. The average molecular weight is 843 g/mol. The quantitative estimate of drug-likeness (QED) is 0.206. The Bertz CT molecular complexity index is 1820. The number of carbonyl (C=O) groups excluding carboxylic acids is 3. The van der Waals surface area contributed by atoms with Crippen molar-refractivity contribution in [2.75, 3.05) is 27.3 Å². The van der Waals surface area contributed by atoms with Crippen LogP contribution in [0.2, 0.25) is 0 Å². The van der Waals surface area contributed by atoms with Crippen molar-refractivity contribution in [3.63, 3.8) is 0 Å². The molecule has 2 bridgehead atoms. The topological polar surface area (TPSA) is 188 Å². The minimum atomic E-state index is -1.82. The number of ketones is 1. The molecule has 2 aromatic rings. The zero-order chi connectivity index (χ0) is 43.2. The average Bonchev–Trinajstić information content (AvgIpc) is 3.66. The molecular weight excluding hydrogens is 781 g/mol. The zero-order valence-corrected chi connectivity index (χ0v) is 36.8. The van der Waals surface area contributed by atoms with E-state index in [1.807, 2.05) is 57.1 Å². The lowest BCUT2D eigenvalue weighted by atomic mass is 9.76. The van der Waals surface area contributed by atoms with Crippen LogP contribution in [0, 0.1) is 17.8 Å². The van der Waals surface area contributed by atoms with E-state index in [0.717, 1.165) is 15.3 Å². The lowest BCUT2D eigenvalue weighted by molar-refractivity contribution is -0.296. The highest BCUT2D eigenvalue weighted by Crippen LogP contribution is 2.39. The van der Waals surface area contributed by atoms with Crippen molar-refractivity contribution in [2.24, 2.45) is 27.9 Å². The van der Waals surface area contributed by atoms with Gasteiger partial charge in [-0.25, -0.2) is 4.99 Å². The Hall–Kier alpha value is -3.48. The van der Waals surface area contributed by atoms with E-state index in [0.29, 0.717) is 17.8 Å². The molecule has 3 aliphatic heterocycles. The maximum Gasteiger partial charge on any atom is 0.316 e. The van der Waals surface area contributed by atoms with Crippen LogP contribution in [0.1, 0.15) is 86.0 Å². The Morgan fingerprint density at radius 2 is 1.86 bits per heavy atom. The Morgan fingerprint density at radius 1 is 1.12 bits per heavy atom. The number of Topliss-reactive ketones (excluding diaryl/α,β-unsaturated/α-hetero) is 1. The predicted molar refractivity (Wildman–Crippen MR) is 222 cm³/mol. The maximum absolute atomic E-state index is 14.5. The van der Waals surface area contributed by atoms with Gasteiger partial charge in [-0.1, -0.05) is 32.0 Å². The third-order valence-corrected chi connectivity index (χ3v) is 12.9. The predicted octanol–water partition coefficient (Wildman–Crippen LogP) is 5.00. The van der Waals surface area contributed by atoms with E-state index in [-0.39, 0.29) is 51.2 Å². The van der Waals surface area contributed by atoms with Gasteiger partial charge >= 0.3 is 5.97 Å². The van der Waals surface area contributed by atoms with Gasteiger partial charge in [-0.3, -0.25) is 19.4 Å². The van der Waals surface area contributed by atoms with Gasteiger partial charge in [0, 0.05) is 58.7 Å². The largest absolute Gasteiger partial charge is 0.459 e. The van der Waals surface area contributed by atoms with E-state index >= 15 is 0 Å². The fraction of sp³-hybridized carbons (Fsp3) is 0.674. The van der Waals surface area contributed by atoms with E-state index in [1.165, 1.54) is 20.8 Å².